The Balaban J connectivity index is 1.97. The van der Waals surface area contributed by atoms with Crippen molar-refractivity contribution in [2.24, 2.45) is 16.0 Å². The van der Waals surface area contributed by atoms with Gasteiger partial charge < -0.3 is 4.90 Å². The number of carbonyl (C=O) groups excluding carboxylic acids is 1. The number of aliphatic imine (C=N–C) groups is 1. The Morgan fingerprint density at radius 3 is 2.35 bits per heavy atom. The van der Waals surface area contributed by atoms with Crippen LogP contribution in [0.5, 0.6) is 0 Å². The van der Waals surface area contributed by atoms with E-state index in [9.17, 15) is 13.2 Å². The average molecular weight is 371 g/mol. The number of amides is 1. The number of carbonyl (C=O) groups is 1. The third-order valence-electron chi connectivity index (χ3n) is 4.23. The molecule has 136 valence electrons. The number of anilines is 1. The van der Waals surface area contributed by atoms with E-state index in [-0.39, 0.29) is 10.8 Å². The van der Waals surface area contributed by atoms with Crippen LogP contribution in [0.2, 0.25) is 0 Å². The van der Waals surface area contributed by atoms with Crippen molar-refractivity contribution in [1.29, 1.82) is 0 Å². The number of benzene rings is 2. The molecule has 0 unspecified atom stereocenters. The minimum Gasteiger partial charge on any atom is -0.306 e. The Kier molecular flexibility index (Phi) is 4.93. The van der Waals surface area contributed by atoms with Crippen LogP contribution in [0.15, 0.2) is 58.4 Å². The molecule has 0 aromatic heterocycles. The van der Waals surface area contributed by atoms with Gasteiger partial charge in [0.05, 0.1) is 16.3 Å². The Morgan fingerprint density at radius 1 is 1.08 bits per heavy atom. The molecule has 0 bridgehead atoms. The molecule has 26 heavy (non-hydrogen) atoms. The lowest BCUT2D eigenvalue weighted by Crippen LogP contribution is -2.31. The molecule has 2 aromatic carbocycles. The number of hydrogen-bond donors (Lipinski definition) is 1. The van der Waals surface area contributed by atoms with Crippen LogP contribution in [0.25, 0.3) is 0 Å². The van der Waals surface area contributed by atoms with Crippen molar-refractivity contribution in [1.82, 2.24) is 0 Å². The molecule has 0 fully saturated rings. The van der Waals surface area contributed by atoms with Gasteiger partial charge in [0.1, 0.15) is 5.71 Å². The monoisotopic (exact) mass is 371 g/mol. The average Bonchev–Trinajstić information content (AvgIpc) is 2.85. The van der Waals surface area contributed by atoms with Crippen LogP contribution in [-0.2, 0) is 14.8 Å². The summed E-state index contributed by atoms with van der Waals surface area (Å²) in [5.74, 6) is 0.351. The van der Waals surface area contributed by atoms with Crippen molar-refractivity contribution < 1.29 is 13.2 Å². The van der Waals surface area contributed by atoms with Gasteiger partial charge in [0.15, 0.2) is 0 Å². The SMILES string of the molecule is CC(C)CCN1C(=O)C(=Nc2ccc(S(N)(=O)=O)cc2)c2ccccc21. The van der Waals surface area contributed by atoms with Gasteiger partial charge in [-0.1, -0.05) is 32.0 Å². The van der Waals surface area contributed by atoms with E-state index in [1.54, 1.807) is 17.0 Å². The van der Waals surface area contributed by atoms with Crippen molar-refractivity contribution in [3.05, 3.63) is 54.1 Å². The first-order valence-electron chi connectivity index (χ1n) is 8.40. The summed E-state index contributed by atoms with van der Waals surface area (Å²) in [5.41, 5.74) is 2.52. The number of primary sulfonamides is 1. The highest BCUT2D eigenvalue weighted by atomic mass is 32.2. The van der Waals surface area contributed by atoms with E-state index in [4.69, 9.17) is 5.14 Å². The second-order valence-corrected chi connectivity index (χ2v) is 8.22. The normalized spacial score (nSPS) is 15.8. The standard InChI is InChI=1S/C19H21N3O3S/c1-13(2)11-12-22-17-6-4-3-5-16(17)18(19(22)23)21-14-7-9-15(10-8-14)26(20,24)25/h3-10,13H,11-12H2,1-2H3,(H2,20,24,25). The molecule has 1 heterocycles. The maximum absolute atomic E-state index is 12.9. The first-order valence-corrected chi connectivity index (χ1v) is 9.95. The first-order chi connectivity index (χ1) is 12.3. The molecule has 2 N–H and O–H groups in total. The lowest BCUT2D eigenvalue weighted by atomic mass is 10.1. The molecule has 0 saturated heterocycles. The first kappa shape index (κ1) is 18.3. The highest BCUT2D eigenvalue weighted by Crippen LogP contribution is 2.31. The van der Waals surface area contributed by atoms with E-state index in [1.807, 2.05) is 24.3 Å². The lowest BCUT2D eigenvalue weighted by Gasteiger charge is -2.17. The summed E-state index contributed by atoms with van der Waals surface area (Å²) in [6.45, 7) is 4.87. The Labute approximate surface area is 153 Å². The molecule has 2 aromatic rings. The summed E-state index contributed by atoms with van der Waals surface area (Å²) in [4.78, 5) is 19.1. The van der Waals surface area contributed by atoms with Gasteiger partial charge in [-0.05, 0) is 42.7 Å². The fourth-order valence-corrected chi connectivity index (χ4v) is 3.33. The second-order valence-electron chi connectivity index (χ2n) is 6.66. The van der Waals surface area contributed by atoms with Gasteiger partial charge in [0, 0.05) is 12.1 Å². The molecular weight excluding hydrogens is 350 g/mol. The minimum absolute atomic E-state index is 0.0122. The lowest BCUT2D eigenvalue weighted by molar-refractivity contribution is -0.112. The van der Waals surface area contributed by atoms with E-state index in [0.717, 1.165) is 17.7 Å². The summed E-state index contributed by atoms with van der Waals surface area (Å²) >= 11 is 0. The van der Waals surface area contributed by atoms with Crippen molar-refractivity contribution in [3.63, 3.8) is 0 Å². The molecule has 0 aliphatic carbocycles. The van der Waals surface area contributed by atoms with E-state index in [2.05, 4.69) is 18.8 Å². The molecule has 1 aliphatic rings. The van der Waals surface area contributed by atoms with E-state index in [1.165, 1.54) is 12.1 Å². The van der Waals surface area contributed by atoms with Gasteiger partial charge in [0.25, 0.3) is 5.91 Å². The number of sulfonamides is 1. The van der Waals surface area contributed by atoms with Crippen molar-refractivity contribution in [2.45, 2.75) is 25.2 Å². The largest absolute Gasteiger partial charge is 0.306 e. The number of nitrogens with zero attached hydrogens (tertiary/aromatic N) is 2. The maximum atomic E-state index is 12.9. The van der Waals surface area contributed by atoms with Gasteiger partial charge >= 0.3 is 0 Å². The third kappa shape index (κ3) is 3.68. The zero-order valence-electron chi connectivity index (χ0n) is 14.7. The molecule has 0 radical (unpaired) electrons. The van der Waals surface area contributed by atoms with Crippen LogP contribution in [-0.4, -0.2) is 26.6 Å². The molecule has 3 rings (SSSR count). The van der Waals surface area contributed by atoms with Gasteiger partial charge in [0.2, 0.25) is 10.0 Å². The van der Waals surface area contributed by atoms with Gasteiger partial charge in [-0.3, -0.25) is 4.79 Å². The number of nitrogens with two attached hydrogens (primary N) is 1. The smallest absolute Gasteiger partial charge is 0.277 e. The zero-order chi connectivity index (χ0) is 18.9. The fourth-order valence-electron chi connectivity index (χ4n) is 2.82. The molecule has 0 saturated carbocycles. The zero-order valence-corrected chi connectivity index (χ0v) is 15.5. The van der Waals surface area contributed by atoms with E-state index >= 15 is 0 Å². The van der Waals surface area contributed by atoms with Crippen molar-refractivity contribution >= 4 is 33.0 Å². The molecule has 1 amide bonds. The summed E-state index contributed by atoms with van der Waals surface area (Å²) < 4.78 is 22.7. The van der Waals surface area contributed by atoms with Crippen LogP contribution in [0, 0.1) is 5.92 Å². The summed E-state index contributed by atoms with van der Waals surface area (Å²) in [6, 6.07) is 13.4. The molecule has 6 nitrogen and oxygen atoms in total. The Morgan fingerprint density at radius 2 is 1.73 bits per heavy atom. The van der Waals surface area contributed by atoms with Crippen molar-refractivity contribution in [2.75, 3.05) is 11.4 Å². The number of rotatable bonds is 5. The molecule has 7 heteroatoms. The van der Waals surface area contributed by atoms with Crippen molar-refractivity contribution in [3.8, 4) is 0 Å². The molecule has 0 spiro atoms. The molecule has 0 atom stereocenters. The summed E-state index contributed by atoms with van der Waals surface area (Å²) in [7, 11) is -3.75. The van der Waals surface area contributed by atoms with Crippen LogP contribution in [0.4, 0.5) is 11.4 Å². The third-order valence-corrected chi connectivity index (χ3v) is 5.16. The Hall–Kier alpha value is -2.51. The topological polar surface area (TPSA) is 92.8 Å². The van der Waals surface area contributed by atoms with Crippen LogP contribution in [0.1, 0.15) is 25.8 Å². The second kappa shape index (κ2) is 7.01. The Bertz CT molecular complexity index is 964. The van der Waals surface area contributed by atoms with Gasteiger partial charge in [-0.15, -0.1) is 0 Å². The van der Waals surface area contributed by atoms with Crippen LogP contribution >= 0.6 is 0 Å². The number of para-hydroxylation sites is 1. The number of hydrogen-bond acceptors (Lipinski definition) is 4. The quantitative estimate of drug-likeness (QED) is 0.876. The van der Waals surface area contributed by atoms with E-state index in [0.29, 0.717) is 23.9 Å². The number of fused-ring (bicyclic) bond motifs is 1. The van der Waals surface area contributed by atoms with Crippen LogP contribution < -0.4 is 10.0 Å². The van der Waals surface area contributed by atoms with Gasteiger partial charge in [-0.2, -0.15) is 0 Å². The van der Waals surface area contributed by atoms with E-state index < -0.39 is 10.0 Å². The van der Waals surface area contributed by atoms with Gasteiger partial charge in [-0.25, -0.2) is 18.5 Å². The summed E-state index contributed by atoms with van der Waals surface area (Å²) in [6.07, 6.45) is 0.899. The molecular formula is C19H21N3O3S. The predicted octanol–water partition coefficient (Wildman–Crippen LogP) is 2.85. The molecule has 1 aliphatic heterocycles. The maximum Gasteiger partial charge on any atom is 0.277 e. The highest BCUT2D eigenvalue weighted by molar-refractivity contribution is 7.89. The van der Waals surface area contributed by atoms with Crippen LogP contribution in [0.3, 0.4) is 0 Å². The highest BCUT2D eigenvalue weighted by Gasteiger charge is 2.33. The predicted molar refractivity (Wildman–Crippen MR) is 102 cm³/mol. The summed E-state index contributed by atoms with van der Waals surface area (Å²) in [5, 5.41) is 5.11. The fraction of sp³-hybridized carbons (Fsp3) is 0.263. The minimum atomic E-state index is -3.75.